The summed E-state index contributed by atoms with van der Waals surface area (Å²) in [5.74, 6) is -1.33. The third kappa shape index (κ3) is 2.27. The summed E-state index contributed by atoms with van der Waals surface area (Å²) in [6.07, 6.45) is 0. The average molecular weight is 232 g/mol. The number of halogens is 2. The normalized spacial score (nSPS) is 12.3. The lowest BCUT2D eigenvalue weighted by Crippen LogP contribution is -2.24. The molecule has 0 bridgehead atoms. The molecule has 1 aromatic carbocycles. The lowest BCUT2D eigenvalue weighted by atomic mass is 10.0. The SMILES string of the molecule is COC(=O)[C@@H](N)c1c(F)ccc(C)c1Cl. The molecule has 1 atom stereocenters. The standard InChI is InChI=1S/C10H11ClFNO2/c1-5-3-4-6(12)7(8(5)11)9(13)10(14)15-2/h3-4,9H,13H2,1-2H3/t9-/m0/s1. The summed E-state index contributed by atoms with van der Waals surface area (Å²) < 4.78 is 17.8. The van der Waals surface area contributed by atoms with E-state index < -0.39 is 17.8 Å². The van der Waals surface area contributed by atoms with Gasteiger partial charge in [0.2, 0.25) is 0 Å². The van der Waals surface area contributed by atoms with Crippen molar-refractivity contribution in [3.8, 4) is 0 Å². The largest absolute Gasteiger partial charge is 0.468 e. The molecule has 0 aliphatic heterocycles. The van der Waals surface area contributed by atoms with Crippen molar-refractivity contribution in [2.75, 3.05) is 7.11 Å². The summed E-state index contributed by atoms with van der Waals surface area (Å²) in [7, 11) is 1.18. The molecule has 0 amide bonds. The minimum Gasteiger partial charge on any atom is -0.468 e. The van der Waals surface area contributed by atoms with Crippen molar-refractivity contribution < 1.29 is 13.9 Å². The van der Waals surface area contributed by atoms with Gasteiger partial charge in [-0.1, -0.05) is 17.7 Å². The van der Waals surface area contributed by atoms with Gasteiger partial charge in [0.15, 0.2) is 0 Å². The molecule has 0 aromatic heterocycles. The van der Waals surface area contributed by atoms with E-state index in [0.717, 1.165) is 0 Å². The fraction of sp³-hybridized carbons (Fsp3) is 0.300. The Morgan fingerprint density at radius 1 is 1.60 bits per heavy atom. The topological polar surface area (TPSA) is 52.3 Å². The van der Waals surface area contributed by atoms with E-state index in [2.05, 4.69) is 4.74 Å². The smallest absolute Gasteiger partial charge is 0.327 e. The maximum atomic E-state index is 13.4. The summed E-state index contributed by atoms with van der Waals surface area (Å²) in [6, 6.07) is 1.55. The second-order valence-corrected chi connectivity index (χ2v) is 3.47. The molecule has 0 aliphatic carbocycles. The monoisotopic (exact) mass is 231 g/mol. The van der Waals surface area contributed by atoms with Gasteiger partial charge in [-0.3, -0.25) is 4.79 Å². The number of hydrogen-bond acceptors (Lipinski definition) is 3. The van der Waals surface area contributed by atoms with Crippen LogP contribution in [0, 0.1) is 12.7 Å². The van der Waals surface area contributed by atoms with E-state index >= 15 is 0 Å². The second kappa shape index (κ2) is 4.59. The van der Waals surface area contributed by atoms with Crippen LogP contribution in [0.2, 0.25) is 5.02 Å². The van der Waals surface area contributed by atoms with Gasteiger partial charge < -0.3 is 10.5 Å². The third-order valence-electron chi connectivity index (χ3n) is 2.09. The van der Waals surface area contributed by atoms with Gasteiger partial charge in [0.05, 0.1) is 12.1 Å². The fourth-order valence-corrected chi connectivity index (χ4v) is 1.48. The van der Waals surface area contributed by atoms with Gasteiger partial charge in [0.25, 0.3) is 0 Å². The van der Waals surface area contributed by atoms with Crippen molar-refractivity contribution in [2.45, 2.75) is 13.0 Å². The predicted molar refractivity (Wildman–Crippen MR) is 55.1 cm³/mol. The Hall–Kier alpha value is -1.13. The number of aryl methyl sites for hydroxylation is 1. The van der Waals surface area contributed by atoms with Crippen LogP contribution in [0.25, 0.3) is 0 Å². The Kier molecular flexibility index (Phi) is 3.66. The van der Waals surface area contributed by atoms with Crippen LogP contribution in [0.4, 0.5) is 4.39 Å². The zero-order valence-electron chi connectivity index (χ0n) is 8.38. The van der Waals surface area contributed by atoms with Crippen molar-refractivity contribution in [1.29, 1.82) is 0 Å². The Labute approximate surface area is 92.0 Å². The van der Waals surface area contributed by atoms with Crippen LogP contribution in [-0.2, 0) is 9.53 Å². The van der Waals surface area contributed by atoms with Crippen molar-refractivity contribution in [2.24, 2.45) is 5.73 Å². The van der Waals surface area contributed by atoms with Crippen molar-refractivity contribution in [1.82, 2.24) is 0 Å². The first-order chi connectivity index (χ1) is 6.99. The second-order valence-electron chi connectivity index (χ2n) is 3.09. The lowest BCUT2D eigenvalue weighted by Gasteiger charge is -2.13. The molecule has 2 N–H and O–H groups in total. The number of ether oxygens (including phenoxy) is 1. The van der Waals surface area contributed by atoms with Crippen LogP contribution in [0.5, 0.6) is 0 Å². The molecule has 0 saturated carbocycles. The zero-order valence-corrected chi connectivity index (χ0v) is 9.14. The van der Waals surface area contributed by atoms with E-state index in [9.17, 15) is 9.18 Å². The maximum absolute atomic E-state index is 13.4. The van der Waals surface area contributed by atoms with Crippen molar-refractivity contribution >= 4 is 17.6 Å². The van der Waals surface area contributed by atoms with Gasteiger partial charge in [-0.2, -0.15) is 0 Å². The number of carbonyl (C=O) groups excluding carboxylic acids is 1. The molecule has 1 aromatic rings. The van der Waals surface area contributed by atoms with Gasteiger partial charge in [-0.05, 0) is 18.6 Å². The summed E-state index contributed by atoms with van der Waals surface area (Å²) in [5, 5.41) is 0.160. The highest BCUT2D eigenvalue weighted by molar-refractivity contribution is 6.32. The van der Waals surface area contributed by atoms with Gasteiger partial charge in [-0.25, -0.2) is 4.39 Å². The Morgan fingerprint density at radius 3 is 2.73 bits per heavy atom. The summed E-state index contributed by atoms with van der Waals surface area (Å²) >= 11 is 5.87. The maximum Gasteiger partial charge on any atom is 0.327 e. The quantitative estimate of drug-likeness (QED) is 0.792. The first-order valence-corrected chi connectivity index (χ1v) is 4.64. The molecule has 0 saturated heterocycles. The highest BCUT2D eigenvalue weighted by Gasteiger charge is 2.23. The van der Waals surface area contributed by atoms with Crippen LogP contribution in [0.1, 0.15) is 17.2 Å². The number of esters is 1. The molecule has 0 fully saturated rings. The van der Waals surface area contributed by atoms with Crippen LogP contribution >= 0.6 is 11.6 Å². The highest BCUT2D eigenvalue weighted by Crippen LogP contribution is 2.28. The predicted octanol–water partition coefficient (Wildman–Crippen LogP) is 1.96. The van der Waals surface area contributed by atoms with Gasteiger partial charge >= 0.3 is 5.97 Å². The molecule has 5 heteroatoms. The van der Waals surface area contributed by atoms with Crippen LogP contribution in [0.15, 0.2) is 12.1 Å². The zero-order chi connectivity index (χ0) is 11.6. The molecule has 0 radical (unpaired) electrons. The third-order valence-corrected chi connectivity index (χ3v) is 2.59. The van der Waals surface area contributed by atoms with E-state index in [1.807, 2.05) is 0 Å². The Bertz CT molecular complexity index is 395. The Balaban J connectivity index is 3.24. The Morgan fingerprint density at radius 2 is 2.20 bits per heavy atom. The van der Waals surface area contributed by atoms with E-state index in [0.29, 0.717) is 5.56 Å². The first-order valence-electron chi connectivity index (χ1n) is 4.27. The molecule has 3 nitrogen and oxygen atoms in total. The molecule has 15 heavy (non-hydrogen) atoms. The lowest BCUT2D eigenvalue weighted by molar-refractivity contribution is -0.142. The average Bonchev–Trinajstić information content (AvgIpc) is 2.22. The van der Waals surface area contributed by atoms with E-state index in [1.165, 1.54) is 19.2 Å². The van der Waals surface area contributed by atoms with Gasteiger partial charge in [-0.15, -0.1) is 0 Å². The van der Waals surface area contributed by atoms with E-state index in [-0.39, 0.29) is 10.6 Å². The highest BCUT2D eigenvalue weighted by atomic mass is 35.5. The molecule has 0 spiro atoms. The molecule has 1 rings (SSSR count). The van der Waals surface area contributed by atoms with Crippen molar-refractivity contribution in [3.63, 3.8) is 0 Å². The molecule has 0 aliphatic rings. The van der Waals surface area contributed by atoms with Gasteiger partial charge in [0.1, 0.15) is 11.9 Å². The van der Waals surface area contributed by atoms with Crippen LogP contribution in [0.3, 0.4) is 0 Å². The number of carbonyl (C=O) groups is 1. The molecule has 0 heterocycles. The van der Waals surface area contributed by atoms with Crippen molar-refractivity contribution in [3.05, 3.63) is 34.1 Å². The molecule has 82 valence electrons. The number of nitrogens with two attached hydrogens (primary N) is 1. The summed E-state index contributed by atoms with van der Waals surface area (Å²) in [6.45, 7) is 1.70. The van der Waals surface area contributed by atoms with E-state index in [1.54, 1.807) is 6.92 Å². The van der Waals surface area contributed by atoms with Crippen LogP contribution < -0.4 is 5.73 Å². The minimum absolute atomic E-state index is 0.0245. The molecule has 0 unspecified atom stereocenters. The first kappa shape index (κ1) is 11.9. The minimum atomic E-state index is -1.19. The summed E-state index contributed by atoms with van der Waals surface area (Å²) in [5.41, 5.74) is 6.16. The number of hydrogen-bond donors (Lipinski definition) is 1. The fourth-order valence-electron chi connectivity index (χ4n) is 1.21. The van der Waals surface area contributed by atoms with E-state index in [4.69, 9.17) is 17.3 Å². The number of rotatable bonds is 2. The number of benzene rings is 1. The molecular formula is C10H11ClFNO2. The van der Waals surface area contributed by atoms with Gasteiger partial charge in [0, 0.05) is 5.56 Å². The van der Waals surface area contributed by atoms with Crippen LogP contribution in [-0.4, -0.2) is 13.1 Å². The molecular weight excluding hydrogens is 221 g/mol. The summed E-state index contributed by atoms with van der Waals surface area (Å²) in [4.78, 5) is 11.2. The number of methoxy groups -OCH3 is 1.